The molecule has 0 spiro atoms. The van der Waals surface area contributed by atoms with Gasteiger partial charge in [-0.2, -0.15) is 0 Å². The predicted molar refractivity (Wildman–Crippen MR) is 68.7 cm³/mol. The van der Waals surface area contributed by atoms with E-state index >= 15 is 0 Å². The summed E-state index contributed by atoms with van der Waals surface area (Å²) in [6.07, 6.45) is 6.64. The van der Waals surface area contributed by atoms with Crippen molar-refractivity contribution in [3.63, 3.8) is 0 Å². The summed E-state index contributed by atoms with van der Waals surface area (Å²) in [5, 5.41) is 3.51. The molecule has 17 heavy (non-hydrogen) atoms. The molecule has 0 unspecified atom stereocenters. The van der Waals surface area contributed by atoms with Crippen LogP contribution in [0.3, 0.4) is 0 Å². The number of nitrogens with two attached hydrogens (primary N) is 1. The first-order valence-corrected chi connectivity index (χ1v) is 5.94. The minimum absolute atomic E-state index is 0.368. The first-order chi connectivity index (χ1) is 8.16. The molecule has 0 saturated carbocycles. The highest BCUT2D eigenvalue weighted by Crippen LogP contribution is 2.13. The third-order valence-corrected chi connectivity index (χ3v) is 3.22. The molecule has 1 aliphatic carbocycles. The van der Waals surface area contributed by atoms with Gasteiger partial charge in [-0.25, -0.2) is 0 Å². The molecule has 0 heterocycles. The minimum Gasteiger partial charge on any atom is -0.366 e. The molecule has 0 fully saturated rings. The van der Waals surface area contributed by atoms with Crippen molar-refractivity contribution >= 4 is 5.91 Å². The molecular weight excluding hydrogens is 212 g/mol. The maximum Gasteiger partial charge on any atom is 0.248 e. The Kier molecular flexibility index (Phi) is 3.59. The van der Waals surface area contributed by atoms with Gasteiger partial charge in [-0.3, -0.25) is 4.79 Å². The monoisotopic (exact) mass is 230 g/mol. The maximum atomic E-state index is 11.0. The molecule has 0 bridgehead atoms. The Bertz CT molecular complexity index is 444. The summed E-state index contributed by atoms with van der Waals surface area (Å²) in [6.45, 7) is 2.85. The first-order valence-electron chi connectivity index (χ1n) is 5.94. The second kappa shape index (κ2) is 5.15. The highest BCUT2D eigenvalue weighted by Gasteiger charge is 2.10. The molecule has 0 atom stereocenters. The van der Waals surface area contributed by atoms with Crippen LogP contribution in [0, 0.1) is 6.92 Å². The van der Waals surface area contributed by atoms with Gasteiger partial charge >= 0.3 is 0 Å². The van der Waals surface area contributed by atoms with E-state index in [9.17, 15) is 4.79 Å². The molecule has 3 N–H and O–H groups in total. The van der Waals surface area contributed by atoms with Crippen LogP contribution in [0.25, 0.3) is 0 Å². The topological polar surface area (TPSA) is 55.1 Å². The number of hydrogen-bond acceptors (Lipinski definition) is 2. The third kappa shape index (κ3) is 2.94. The van der Waals surface area contributed by atoms with Gasteiger partial charge in [0.2, 0.25) is 5.91 Å². The van der Waals surface area contributed by atoms with Gasteiger partial charge < -0.3 is 11.1 Å². The van der Waals surface area contributed by atoms with Crippen LogP contribution < -0.4 is 11.1 Å². The number of carbonyl (C=O) groups excluding carboxylic acids is 1. The van der Waals surface area contributed by atoms with Crippen LogP contribution in [0.1, 0.15) is 34.3 Å². The van der Waals surface area contributed by atoms with E-state index in [2.05, 4.69) is 17.5 Å². The number of carbonyl (C=O) groups is 1. The summed E-state index contributed by atoms with van der Waals surface area (Å²) in [4.78, 5) is 11.0. The van der Waals surface area contributed by atoms with Gasteiger partial charge in [0.05, 0.1) is 0 Å². The van der Waals surface area contributed by atoms with Crippen LogP contribution >= 0.6 is 0 Å². The second-order valence-corrected chi connectivity index (χ2v) is 4.53. The van der Waals surface area contributed by atoms with Crippen molar-refractivity contribution in [2.45, 2.75) is 32.4 Å². The van der Waals surface area contributed by atoms with Gasteiger partial charge in [0.15, 0.2) is 0 Å². The van der Waals surface area contributed by atoms with Crippen molar-refractivity contribution in [1.82, 2.24) is 5.32 Å². The van der Waals surface area contributed by atoms with E-state index in [0.717, 1.165) is 24.9 Å². The zero-order chi connectivity index (χ0) is 12.3. The molecule has 0 radical (unpaired) electrons. The lowest BCUT2D eigenvalue weighted by molar-refractivity contribution is 0.1000. The smallest absolute Gasteiger partial charge is 0.248 e. The fraction of sp³-hybridized carbons (Fsp3) is 0.357. The molecule has 1 aliphatic rings. The predicted octanol–water partition coefficient (Wildman–Crippen LogP) is 1.90. The van der Waals surface area contributed by atoms with Gasteiger partial charge in [-0.15, -0.1) is 0 Å². The number of nitrogens with one attached hydrogen (secondary N) is 1. The SMILES string of the molecule is Cc1cc(C(N)=O)ccc1CNC1CC=CC1. The largest absolute Gasteiger partial charge is 0.366 e. The number of benzene rings is 1. The Balaban J connectivity index is 1.98. The lowest BCUT2D eigenvalue weighted by Crippen LogP contribution is -2.26. The number of amides is 1. The van der Waals surface area contributed by atoms with Gasteiger partial charge in [-0.05, 0) is 43.0 Å². The van der Waals surface area contributed by atoms with Crippen molar-refractivity contribution < 1.29 is 4.79 Å². The highest BCUT2D eigenvalue weighted by molar-refractivity contribution is 5.93. The summed E-state index contributed by atoms with van der Waals surface area (Å²) >= 11 is 0. The van der Waals surface area contributed by atoms with Crippen molar-refractivity contribution in [2.24, 2.45) is 5.73 Å². The molecule has 0 aliphatic heterocycles. The first kappa shape index (κ1) is 11.9. The Morgan fingerprint density at radius 1 is 1.41 bits per heavy atom. The molecule has 3 heteroatoms. The zero-order valence-corrected chi connectivity index (χ0v) is 10.1. The molecule has 1 aromatic carbocycles. The van der Waals surface area contributed by atoms with Crippen LogP contribution in [-0.4, -0.2) is 11.9 Å². The Labute approximate surface area is 102 Å². The van der Waals surface area contributed by atoms with Crippen LogP contribution in [0.5, 0.6) is 0 Å². The normalized spacial score (nSPS) is 15.4. The number of rotatable bonds is 4. The Hall–Kier alpha value is -1.61. The van der Waals surface area contributed by atoms with E-state index in [1.54, 1.807) is 6.07 Å². The molecule has 2 rings (SSSR count). The van der Waals surface area contributed by atoms with Gasteiger partial charge in [0, 0.05) is 18.2 Å². The maximum absolute atomic E-state index is 11.0. The van der Waals surface area contributed by atoms with Crippen molar-refractivity contribution in [1.29, 1.82) is 0 Å². The Morgan fingerprint density at radius 2 is 2.12 bits per heavy atom. The fourth-order valence-electron chi connectivity index (χ4n) is 2.09. The summed E-state index contributed by atoms with van der Waals surface area (Å²) in [7, 11) is 0. The average molecular weight is 230 g/mol. The minimum atomic E-state index is -0.368. The molecule has 1 aromatic rings. The van der Waals surface area contributed by atoms with E-state index in [-0.39, 0.29) is 5.91 Å². The standard InChI is InChI=1S/C14H18N2O/c1-10-8-11(14(15)17)6-7-12(10)9-16-13-4-2-3-5-13/h2-3,6-8,13,16H,4-5,9H2,1H3,(H2,15,17). The molecule has 90 valence electrons. The van der Waals surface area contributed by atoms with Gasteiger partial charge in [-0.1, -0.05) is 18.2 Å². The van der Waals surface area contributed by atoms with E-state index in [1.165, 1.54) is 5.56 Å². The number of primary amides is 1. The molecule has 0 saturated heterocycles. The summed E-state index contributed by atoms with van der Waals surface area (Å²) in [6, 6.07) is 6.18. The van der Waals surface area contributed by atoms with Gasteiger partial charge in [0.25, 0.3) is 0 Å². The molecule has 1 amide bonds. The highest BCUT2D eigenvalue weighted by atomic mass is 16.1. The Morgan fingerprint density at radius 3 is 2.71 bits per heavy atom. The van der Waals surface area contributed by atoms with Crippen LogP contribution in [0.4, 0.5) is 0 Å². The third-order valence-electron chi connectivity index (χ3n) is 3.22. The van der Waals surface area contributed by atoms with E-state index in [1.807, 2.05) is 19.1 Å². The number of hydrogen-bond donors (Lipinski definition) is 2. The summed E-state index contributed by atoms with van der Waals surface area (Å²) in [5.74, 6) is -0.368. The average Bonchev–Trinajstić information content (AvgIpc) is 2.80. The molecule has 3 nitrogen and oxygen atoms in total. The van der Waals surface area contributed by atoms with E-state index in [0.29, 0.717) is 11.6 Å². The lowest BCUT2D eigenvalue weighted by Gasteiger charge is -2.13. The molecular formula is C14H18N2O. The van der Waals surface area contributed by atoms with Crippen LogP contribution in [0.2, 0.25) is 0 Å². The molecule has 0 aromatic heterocycles. The second-order valence-electron chi connectivity index (χ2n) is 4.53. The van der Waals surface area contributed by atoms with Crippen LogP contribution in [0.15, 0.2) is 30.4 Å². The van der Waals surface area contributed by atoms with Crippen molar-refractivity contribution in [2.75, 3.05) is 0 Å². The fourth-order valence-corrected chi connectivity index (χ4v) is 2.09. The lowest BCUT2D eigenvalue weighted by atomic mass is 10.0. The summed E-state index contributed by atoms with van der Waals surface area (Å²) in [5.41, 5.74) is 8.16. The quantitative estimate of drug-likeness (QED) is 0.776. The van der Waals surface area contributed by atoms with Gasteiger partial charge in [0.1, 0.15) is 0 Å². The zero-order valence-electron chi connectivity index (χ0n) is 10.1. The van der Waals surface area contributed by atoms with Crippen molar-refractivity contribution in [3.8, 4) is 0 Å². The van der Waals surface area contributed by atoms with Crippen LogP contribution in [-0.2, 0) is 6.54 Å². The number of aryl methyl sites for hydroxylation is 1. The summed E-state index contributed by atoms with van der Waals surface area (Å²) < 4.78 is 0. The van der Waals surface area contributed by atoms with E-state index in [4.69, 9.17) is 5.73 Å². The van der Waals surface area contributed by atoms with Crippen molar-refractivity contribution in [3.05, 3.63) is 47.0 Å². The van der Waals surface area contributed by atoms with E-state index < -0.39 is 0 Å².